The van der Waals surface area contributed by atoms with Gasteiger partial charge in [-0.3, -0.25) is 4.79 Å². The predicted molar refractivity (Wildman–Crippen MR) is 134 cm³/mol. The maximum absolute atomic E-state index is 13.1. The number of benzene rings is 2. The molecule has 0 spiro atoms. The lowest BCUT2D eigenvalue weighted by Gasteiger charge is -2.35. The standard InChI is InChI=1S/C26H24N6OS/c33-26(17-20-7-3-6-19-5-1-2-9-22(19)20)31-14-12-30(13-15-31)24-11-10-23-27-28-25(32(23)29-24)18-21-8-4-16-34-21/h1-11,16H,12-15,17-18H2. The summed E-state index contributed by atoms with van der Waals surface area (Å²) in [4.78, 5) is 18.5. The zero-order valence-corrected chi connectivity index (χ0v) is 19.5. The summed E-state index contributed by atoms with van der Waals surface area (Å²) in [6.45, 7) is 2.88. The van der Waals surface area contributed by atoms with Gasteiger partial charge in [0, 0.05) is 37.5 Å². The van der Waals surface area contributed by atoms with Crippen molar-refractivity contribution in [2.45, 2.75) is 12.8 Å². The molecule has 0 bridgehead atoms. The summed E-state index contributed by atoms with van der Waals surface area (Å²) in [6, 6.07) is 22.5. The van der Waals surface area contributed by atoms with E-state index < -0.39 is 0 Å². The molecule has 0 saturated carbocycles. The number of fused-ring (bicyclic) bond motifs is 2. The molecule has 5 aromatic rings. The molecule has 0 atom stereocenters. The summed E-state index contributed by atoms with van der Waals surface area (Å²) < 4.78 is 1.84. The molecular weight excluding hydrogens is 444 g/mol. The molecule has 0 unspecified atom stereocenters. The van der Waals surface area contributed by atoms with Crippen molar-refractivity contribution in [2.24, 2.45) is 0 Å². The molecule has 1 aliphatic heterocycles. The predicted octanol–water partition coefficient (Wildman–Crippen LogP) is 3.82. The van der Waals surface area contributed by atoms with Crippen LogP contribution in [-0.4, -0.2) is 56.8 Å². The molecule has 1 aliphatic rings. The molecular formula is C26H24N6OS. The Morgan fingerprint density at radius 1 is 0.882 bits per heavy atom. The van der Waals surface area contributed by atoms with Crippen molar-refractivity contribution in [3.63, 3.8) is 0 Å². The highest BCUT2D eigenvalue weighted by molar-refractivity contribution is 7.09. The highest BCUT2D eigenvalue weighted by Gasteiger charge is 2.23. The third-order valence-corrected chi connectivity index (χ3v) is 7.28. The van der Waals surface area contributed by atoms with Crippen LogP contribution in [-0.2, 0) is 17.6 Å². The van der Waals surface area contributed by atoms with E-state index in [2.05, 4.69) is 50.8 Å². The molecule has 1 saturated heterocycles. The van der Waals surface area contributed by atoms with E-state index in [1.165, 1.54) is 10.3 Å². The van der Waals surface area contributed by atoms with Crippen LogP contribution in [0.25, 0.3) is 16.4 Å². The van der Waals surface area contributed by atoms with Crippen LogP contribution in [0.1, 0.15) is 16.3 Å². The first-order valence-corrected chi connectivity index (χ1v) is 12.4. The maximum atomic E-state index is 13.1. The average molecular weight is 469 g/mol. The summed E-state index contributed by atoms with van der Waals surface area (Å²) in [5.41, 5.74) is 1.84. The van der Waals surface area contributed by atoms with Gasteiger partial charge in [0.05, 0.1) is 6.42 Å². The monoisotopic (exact) mass is 468 g/mol. The average Bonchev–Trinajstić information content (AvgIpc) is 3.54. The molecule has 170 valence electrons. The topological polar surface area (TPSA) is 66.6 Å². The third kappa shape index (κ3) is 4.01. The lowest BCUT2D eigenvalue weighted by Crippen LogP contribution is -2.49. The summed E-state index contributed by atoms with van der Waals surface area (Å²) in [5, 5.41) is 17.8. The molecule has 2 aromatic carbocycles. The quantitative estimate of drug-likeness (QED) is 0.392. The van der Waals surface area contributed by atoms with Gasteiger partial charge in [-0.05, 0) is 39.9 Å². The van der Waals surface area contributed by atoms with Gasteiger partial charge in [-0.2, -0.15) is 4.52 Å². The Morgan fingerprint density at radius 3 is 2.59 bits per heavy atom. The Balaban J connectivity index is 1.14. The summed E-state index contributed by atoms with van der Waals surface area (Å²) >= 11 is 1.71. The number of aromatic nitrogens is 4. The Kier molecular flexibility index (Phi) is 5.43. The van der Waals surface area contributed by atoms with Crippen LogP contribution >= 0.6 is 11.3 Å². The first-order chi connectivity index (χ1) is 16.7. The van der Waals surface area contributed by atoms with E-state index in [9.17, 15) is 4.79 Å². The van der Waals surface area contributed by atoms with E-state index in [4.69, 9.17) is 5.10 Å². The molecule has 7 nitrogen and oxygen atoms in total. The largest absolute Gasteiger partial charge is 0.352 e. The minimum Gasteiger partial charge on any atom is -0.352 e. The zero-order valence-electron chi connectivity index (χ0n) is 18.7. The number of piperazine rings is 1. The second-order valence-corrected chi connectivity index (χ2v) is 9.55. The van der Waals surface area contributed by atoms with Crippen molar-refractivity contribution in [3.8, 4) is 0 Å². The Hall–Kier alpha value is -3.78. The number of amides is 1. The van der Waals surface area contributed by atoms with Gasteiger partial charge >= 0.3 is 0 Å². The van der Waals surface area contributed by atoms with Crippen LogP contribution in [0.2, 0.25) is 0 Å². The van der Waals surface area contributed by atoms with Gasteiger partial charge in [0.25, 0.3) is 0 Å². The van der Waals surface area contributed by atoms with E-state index >= 15 is 0 Å². The minimum atomic E-state index is 0.177. The van der Waals surface area contributed by atoms with Gasteiger partial charge in [0.1, 0.15) is 5.82 Å². The van der Waals surface area contributed by atoms with Gasteiger partial charge in [0.15, 0.2) is 11.5 Å². The van der Waals surface area contributed by atoms with E-state index in [0.717, 1.165) is 41.3 Å². The third-order valence-electron chi connectivity index (χ3n) is 6.40. The van der Waals surface area contributed by atoms with Crippen LogP contribution in [0.4, 0.5) is 5.82 Å². The van der Waals surface area contributed by atoms with Gasteiger partial charge in [0.2, 0.25) is 5.91 Å². The number of hydrogen-bond donors (Lipinski definition) is 0. The second-order valence-electron chi connectivity index (χ2n) is 8.52. The highest BCUT2D eigenvalue weighted by Crippen LogP contribution is 2.21. The second kappa shape index (κ2) is 8.87. The van der Waals surface area contributed by atoms with Crippen molar-refractivity contribution >= 4 is 39.5 Å². The van der Waals surface area contributed by atoms with Crippen molar-refractivity contribution in [1.82, 2.24) is 24.7 Å². The summed E-state index contributed by atoms with van der Waals surface area (Å²) in [6.07, 6.45) is 1.14. The fourth-order valence-electron chi connectivity index (χ4n) is 4.58. The molecule has 8 heteroatoms. The Labute approximate surface area is 201 Å². The van der Waals surface area contributed by atoms with Crippen LogP contribution in [0, 0.1) is 0 Å². The van der Waals surface area contributed by atoms with Crippen molar-refractivity contribution in [2.75, 3.05) is 31.1 Å². The van der Waals surface area contributed by atoms with E-state index in [1.807, 2.05) is 45.8 Å². The van der Waals surface area contributed by atoms with Gasteiger partial charge in [-0.1, -0.05) is 48.5 Å². The van der Waals surface area contributed by atoms with Gasteiger partial charge in [-0.15, -0.1) is 26.6 Å². The van der Waals surface area contributed by atoms with Crippen LogP contribution in [0.3, 0.4) is 0 Å². The smallest absolute Gasteiger partial charge is 0.227 e. The normalized spacial score (nSPS) is 14.2. The zero-order chi connectivity index (χ0) is 22.9. The SMILES string of the molecule is O=C(Cc1cccc2ccccc12)N1CCN(c2ccc3nnc(Cc4cccs4)n3n2)CC1. The molecule has 1 amide bonds. The van der Waals surface area contributed by atoms with Crippen molar-refractivity contribution < 1.29 is 4.79 Å². The Morgan fingerprint density at radius 2 is 1.74 bits per heavy atom. The first kappa shape index (κ1) is 20.8. The first-order valence-electron chi connectivity index (χ1n) is 11.5. The number of carbonyl (C=O) groups excluding carboxylic acids is 1. The number of thiophene rings is 1. The summed E-state index contributed by atoms with van der Waals surface area (Å²) in [5.74, 6) is 1.90. The molecule has 34 heavy (non-hydrogen) atoms. The van der Waals surface area contributed by atoms with Crippen molar-refractivity contribution in [3.05, 3.63) is 88.4 Å². The van der Waals surface area contributed by atoms with Gasteiger partial charge in [-0.25, -0.2) is 0 Å². The molecule has 4 heterocycles. The van der Waals surface area contributed by atoms with E-state index in [1.54, 1.807) is 11.3 Å². The fraction of sp³-hybridized carbons (Fsp3) is 0.231. The molecule has 0 radical (unpaired) electrons. The van der Waals surface area contributed by atoms with Gasteiger partial charge < -0.3 is 9.80 Å². The number of hydrogen-bond acceptors (Lipinski definition) is 6. The lowest BCUT2D eigenvalue weighted by atomic mass is 10.0. The van der Waals surface area contributed by atoms with E-state index in [0.29, 0.717) is 25.9 Å². The number of rotatable bonds is 5. The van der Waals surface area contributed by atoms with Crippen LogP contribution in [0.15, 0.2) is 72.1 Å². The molecule has 0 aliphatic carbocycles. The Bertz CT molecular complexity index is 1450. The molecule has 3 aromatic heterocycles. The number of anilines is 1. The fourth-order valence-corrected chi connectivity index (χ4v) is 5.28. The maximum Gasteiger partial charge on any atom is 0.227 e. The highest BCUT2D eigenvalue weighted by atomic mass is 32.1. The number of nitrogens with zero attached hydrogens (tertiary/aromatic N) is 6. The van der Waals surface area contributed by atoms with Crippen LogP contribution < -0.4 is 4.90 Å². The summed E-state index contributed by atoms with van der Waals surface area (Å²) in [7, 11) is 0. The minimum absolute atomic E-state index is 0.177. The molecule has 6 rings (SSSR count). The van der Waals surface area contributed by atoms with Crippen molar-refractivity contribution in [1.29, 1.82) is 0 Å². The molecule has 1 fully saturated rings. The van der Waals surface area contributed by atoms with Crippen LogP contribution in [0.5, 0.6) is 0 Å². The lowest BCUT2D eigenvalue weighted by molar-refractivity contribution is -0.130. The number of carbonyl (C=O) groups is 1. The van der Waals surface area contributed by atoms with E-state index in [-0.39, 0.29) is 5.91 Å². The molecule has 0 N–H and O–H groups in total.